The molecule has 0 spiro atoms. The third kappa shape index (κ3) is 4.31. The van der Waals surface area contributed by atoms with Gasteiger partial charge in [-0.15, -0.1) is 11.3 Å². The maximum atomic E-state index is 13.0. The van der Waals surface area contributed by atoms with Gasteiger partial charge in [0.15, 0.2) is 5.13 Å². The lowest BCUT2D eigenvalue weighted by molar-refractivity contribution is 0.335. The van der Waals surface area contributed by atoms with Crippen molar-refractivity contribution >= 4 is 32.4 Å². The Morgan fingerprint density at radius 1 is 1.22 bits per heavy atom. The van der Waals surface area contributed by atoms with Crippen molar-refractivity contribution in [3.8, 4) is 0 Å². The van der Waals surface area contributed by atoms with Crippen molar-refractivity contribution in [2.75, 3.05) is 25.0 Å². The van der Waals surface area contributed by atoms with Crippen LogP contribution in [0, 0.1) is 13.8 Å². The van der Waals surface area contributed by atoms with E-state index in [2.05, 4.69) is 15.3 Å². The zero-order valence-corrected chi connectivity index (χ0v) is 17.9. The minimum absolute atomic E-state index is 0.228. The highest BCUT2D eigenvalue weighted by Gasteiger charge is 2.38. The normalized spacial score (nSPS) is 18.3. The van der Waals surface area contributed by atoms with E-state index >= 15 is 0 Å². The lowest BCUT2D eigenvalue weighted by atomic mass is 10.1. The lowest BCUT2D eigenvalue weighted by Gasteiger charge is -2.29. The van der Waals surface area contributed by atoms with Crippen molar-refractivity contribution in [2.24, 2.45) is 0 Å². The number of nitrogens with zero attached hydrogens (tertiary/aromatic N) is 4. The molecule has 2 aromatic rings. The third-order valence-electron chi connectivity index (χ3n) is 4.72. The van der Waals surface area contributed by atoms with E-state index in [4.69, 9.17) is 0 Å². The topological polar surface area (TPSA) is 78.4 Å². The molecule has 148 valence electrons. The molecule has 0 saturated carbocycles. The van der Waals surface area contributed by atoms with Gasteiger partial charge in [0.2, 0.25) is 0 Å². The van der Waals surface area contributed by atoms with Gasteiger partial charge in [0.1, 0.15) is 0 Å². The van der Waals surface area contributed by atoms with Crippen LogP contribution < -0.4 is 5.32 Å². The summed E-state index contributed by atoms with van der Waals surface area (Å²) in [5.74, 6) is 0. The molecule has 2 aromatic heterocycles. The summed E-state index contributed by atoms with van der Waals surface area (Å²) in [5.41, 5.74) is 3.51. The molecule has 0 unspecified atom stereocenters. The van der Waals surface area contributed by atoms with Crippen molar-refractivity contribution in [2.45, 2.75) is 46.6 Å². The van der Waals surface area contributed by atoms with Gasteiger partial charge in [-0.25, -0.2) is 4.98 Å². The highest BCUT2D eigenvalue weighted by molar-refractivity contribution is 7.86. The molecule has 1 atom stereocenters. The molecule has 3 heterocycles. The summed E-state index contributed by atoms with van der Waals surface area (Å²) in [5, 5.41) is 6.13. The molecule has 1 aliphatic rings. The predicted octanol–water partition coefficient (Wildman–Crippen LogP) is 3.62. The number of thiazole rings is 1. The number of rotatable bonds is 7. The van der Waals surface area contributed by atoms with Gasteiger partial charge in [0.25, 0.3) is 10.2 Å². The molecule has 0 bridgehead atoms. The van der Waals surface area contributed by atoms with Crippen LogP contribution in [-0.4, -0.2) is 46.6 Å². The second-order valence-corrected chi connectivity index (χ2v) is 9.44. The van der Waals surface area contributed by atoms with E-state index < -0.39 is 10.2 Å². The minimum Gasteiger partial charge on any atom is -0.331 e. The second kappa shape index (κ2) is 8.22. The molecule has 1 N–H and O–H groups in total. The number of aromatic nitrogens is 2. The van der Waals surface area contributed by atoms with Crippen molar-refractivity contribution < 1.29 is 8.42 Å². The number of pyridine rings is 1. The first-order valence-corrected chi connectivity index (χ1v) is 11.6. The Morgan fingerprint density at radius 3 is 2.59 bits per heavy atom. The largest absolute Gasteiger partial charge is 0.331 e. The minimum atomic E-state index is -3.48. The smallest absolute Gasteiger partial charge is 0.282 e. The van der Waals surface area contributed by atoms with E-state index in [9.17, 15) is 8.42 Å². The highest BCUT2D eigenvalue weighted by Crippen LogP contribution is 2.36. The number of hydrogen-bond acceptors (Lipinski definition) is 6. The molecule has 0 radical (unpaired) electrons. The summed E-state index contributed by atoms with van der Waals surface area (Å²) >= 11 is 1.55. The molecular weight excluding hydrogens is 382 g/mol. The van der Waals surface area contributed by atoms with Crippen LogP contribution in [0.2, 0.25) is 0 Å². The monoisotopic (exact) mass is 409 g/mol. The fraction of sp³-hybridized carbons (Fsp3) is 0.556. The van der Waals surface area contributed by atoms with Gasteiger partial charge in [-0.1, -0.05) is 13.8 Å². The van der Waals surface area contributed by atoms with Crippen LogP contribution in [0.4, 0.5) is 10.8 Å². The van der Waals surface area contributed by atoms with Crippen molar-refractivity contribution in [1.82, 2.24) is 18.6 Å². The number of hydrogen-bond donors (Lipinski definition) is 1. The summed E-state index contributed by atoms with van der Waals surface area (Å²) in [6, 6.07) is 3.68. The van der Waals surface area contributed by atoms with Gasteiger partial charge in [-0.2, -0.15) is 17.0 Å². The maximum absolute atomic E-state index is 13.0. The van der Waals surface area contributed by atoms with Gasteiger partial charge in [-0.3, -0.25) is 4.98 Å². The van der Waals surface area contributed by atoms with Crippen LogP contribution in [0.25, 0.3) is 0 Å². The van der Waals surface area contributed by atoms with Crippen LogP contribution in [0.1, 0.15) is 49.8 Å². The van der Waals surface area contributed by atoms with Gasteiger partial charge in [-0.05, 0) is 38.8 Å². The quantitative estimate of drug-likeness (QED) is 0.756. The van der Waals surface area contributed by atoms with E-state index in [0.29, 0.717) is 19.6 Å². The average Bonchev–Trinajstić information content (AvgIpc) is 3.24. The first kappa shape index (κ1) is 20.2. The molecule has 0 aliphatic carbocycles. The van der Waals surface area contributed by atoms with Gasteiger partial charge < -0.3 is 5.32 Å². The third-order valence-corrected chi connectivity index (χ3v) is 7.79. The van der Waals surface area contributed by atoms with E-state index in [1.807, 2.05) is 45.2 Å². The molecule has 7 nitrogen and oxygen atoms in total. The van der Waals surface area contributed by atoms with Crippen molar-refractivity contribution in [3.05, 3.63) is 34.6 Å². The van der Waals surface area contributed by atoms with Crippen LogP contribution >= 0.6 is 11.3 Å². The molecule has 3 rings (SSSR count). The van der Waals surface area contributed by atoms with Crippen LogP contribution in [-0.2, 0) is 10.2 Å². The number of aryl methyl sites for hydroxylation is 2. The highest BCUT2D eigenvalue weighted by atomic mass is 32.2. The van der Waals surface area contributed by atoms with Crippen LogP contribution in [0.15, 0.2) is 17.5 Å². The van der Waals surface area contributed by atoms with Crippen LogP contribution in [0.3, 0.4) is 0 Å². The zero-order chi connectivity index (χ0) is 19.6. The first-order valence-electron chi connectivity index (χ1n) is 9.29. The predicted molar refractivity (Wildman–Crippen MR) is 110 cm³/mol. The Kier molecular flexibility index (Phi) is 6.15. The first-order chi connectivity index (χ1) is 12.8. The van der Waals surface area contributed by atoms with E-state index in [-0.39, 0.29) is 6.04 Å². The Bertz CT molecular complexity index is 893. The Labute approximate surface area is 165 Å². The Hall–Kier alpha value is -1.55. The summed E-state index contributed by atoms with van der Waals surface area (Å²) in [7, 11) is -3.48. The summed E-state index contributed by atoms with van der Waals surface area (Å²) in [6.45, 7) is 9.11. The fourth-order valence-corrected chi connectivity index (χ4v) is 6.03. The molecule has 0 aromatic carbocycles. The second-order valence-electron chi connectivity index (χ2n) is 6.70. The molecular formula is C18H27N5O2S2. The SMILES string of the molecule is CCN(CC)S(=O)(=O)N1CCC[C@@H]1c1cc(Nc2nc(C)cs2)cc(C)n1. The lowest BCUT2D eigenvalue weighted by Crippen LogP contribution is -2.43. The van der Waals surface area contributed by atoms with Crippen LogP contribution in [0.5, 0.6) is 0 Å². The standard InChI is InChI=1S/C18H27N5O2S2/c1-5-22(6-2)27(24,25)23-9-7-8-17(23)16-11-15(10-13(3)19-16)21-18-20-14(4)12-26-18/h10-12,17H,5-9H2,1-4H3,(H,19,20,21)/t17-/m1/s1. The summed E-state index contributed by atoms with van der Waals surface area (Å²) in [4.78, 5) is 9.09. The Balaban J connectivity index is 1.90. The maximum Gasteiger partial charge on any atom is 0.282 e. The van der Waals surface area contributed by atoms with E-state index in [1.54, 1.807) is 15.6 Å². The summed E-state index contributed by atoms with van der Waals surface area (Å²) in [6.07, 6.45) is 1.63. The van der Waals surface area contributed by atoms with Gasteiger partial charge >= 0.3 is 0 Å². The number of nitrogens with one attached hydrogen (secondary N) is 1. The molecule has 1 aliphatic heterocycles. The zero-order valence-electron chi connectivity index (χ0n) is 16.3. The average molecular weight is 410 g/mol. The summed E-state index contributed by atoms with van der Waals surface area (Å²) < 4.78 is 29.2. The van der Waals surface area contributed by atoms with E-state index in [1.165, 1.54) is 4.31 Å². The molecule has 27 heavy (non-hydrogen) atoms. The Morgan fingerprint density at radius 2 is 1.96 bits per heavy atom. The van der Waals surface area contributed by atoms with Crippen molar-refractivity contribution in [1.29, 1.82) is 0 Å². The molecule has 0 amide bonds. The number of anilines is 2. The van der Waals surface area contributed by atoms with Crippen molar-refractivity contribution in [3.63, 3.8) is 0 Å². The van der Waals surface area contributed by atoms with Gasteiger partial charge in [0.05, 0.1) is 17.4 Å². The molecule has 1 saturated heterocycles. The van der Waals surface area contributed by atoms with E-state index in [0.717, 1.165) is 40.7 Å². The molecule has 9 heteroatoms. The fourth-order valence-electron chi connectivity index (χ4n) is 3.48. The van der Waals surface area contributed by atoms with Gasteiger partial charge in [0, 0.05) is 36.4 Å². The molecule has 1 fully saturated rings.